The predicted molar refractivity (Wildman–Crippen MR) is 83.5 cm³/mol. The number of piperidine rings is 1. The highest BCUT2D eigenvalue weighted by Crippen LogP contribution is 2.35. The van der Waals surface area contributed by atoms with Crippen LogP contribution in [-0.4, -0.2) is 22.5 Å². The number of alkyl halides is 3. The van der Waals surface area contributed by atoms with E-state index in [1.165, 1.54) is 17.4 Å². The first-order valence-electron chi connectivity index (χ1n) is 7.20. The lowest BCUT2D eigenvalue weighted by Crippen LogP contribution is -2.58. The third-order valence-electron chi connectivity index (χ3n) is 4.01. The van der Waals surface area contributed by atoms with Crippen LogP contribution in [0.4, 0.5) is 18.3 Å². The van der Waals surface area contributed by atoms with Crippen LogP contribution in [0.25, 0.3) is 10.2 Å². The molecule has 1 aliphatic heterocycles. The van der Waals surface area contributed by atoms with Crippen molar-refractivity contribution in [3.63, 3.8) is 0 Å². The Morgan fingerprint density at radius 3 is 2.78 bits per heavy atom. The SMILES string of the molecule is CC1(C)NC(=O)CCC1Nc1nc2cc(C(F)(F)F)ccc2s1. The van der Waals surface area contributed by atoms with Crippen molar-refractivity contribution >= 4 is 32.6 Å². The van der Waals surface area contributed by atoms with Gasteiger partial charge in [0.05, 0.1) is 27.4 Å². The van der Waals surface area contributed by atoms with Gasteiger partial charge in [-0.2, -0.15) is 13.2 Å². The molecule has 1 amide bonds. The number of anilines is 1. The van der Waals surface area contributed by atoms with Crippen molar-refractivity contribution in [1.29, 1.82) is 0 Å². The molecule has 1 aliphatic rings. The Kier molecular flexibility index (Phi) is 3.74. The Balaban J connectivity index is 1.85. The van der Waals surface area contributed by atoms with Crippen molar-refractivity contribution < 1.29 is 18.0 Å². The van der Waals surface area contributed by atoms with Crippen LogP contribution < -0.4 is 10.6 Å². The molecule has 2 heterocycles. The number of carbonyl (C=O) groups excluding carboxylic acids is 1. The van der Waals surface area contributed by atoms with Gasteiger partial charge in [-0.15, -0.1) is 0 Å². The zero-order chi connectivity index (χ0) is 16.8. The first kappa shape index (κ1) is 16.0. The standard InChI is InChI=1S/C15H16F3N3OS/c1-14(2)11(5-6-12(22)21-14)20-13-19-9-7-8(15(16,17)18)3-4-10(9)23-13/h3-4,7,11H,5-6H2,1-2H3,(H,19,20)(H,21,22). The molecule has 4 nitrogen and oxygen atoms in total. The molecule has 2 aromatic rings. The normalized spacial score (nSPS) is 21.3. The molecule has 8 heteroatoms. The first-order chi connectivity index (χ1) is 10.6. The van der Waals surface area contributed by atoms with Crippen molar-refractivity contribution in [2.75, 3.05) is 5.32 Å². The lowest BCUT2D eigenvalue weighted by molar-refractivity contribution is -0.137. The fraction of sp³-hybridized carbons (Fsp3) is 0.467. The Morgan fingerprint density at radius 2 is 2.13 bits per heavy atom. The minimum absolute atomic E-state index is 0.00664. The molecule has 0 radical (unpaired) electrons. The van der Waals surface area contributed by atoms with Crippen molar-refractivity contribution in [2.24, 2.45) is 0 Å². The van der Waals surface area contributed by atoms with Gasteiger partial charge in [-0.25, -0.2) is 4.98 Å². The fourth-order valence-corrected chi connectivity index (χ4v) is 3.61. The summed E-state index contributed by atoms with van der Waals surface area (Å²) < 4.78 is 39.0. The molecular weight excluding hydrogens is 327 g/mol. The van der Waals surface area contributed by atoms with Crippen molar-refractivity contribution in [3.8, 4) is 0 Å². The zero-order valence-electron chi connectivity index (χ0n) is 12.6. The number of benzene rings is 1. The zero-order valence-corrected chi connectivity index (χ0v) is 13.4. The monoisotopic (exact) mass is 343 g/mol. The summed E-state index contributed by atoms with van der Waals surface area (Å²) in [5, 5.41) is 6.73. The highest BCUT2D eigenvalue weighted by Gasteiger charge is 2.36. The van der Waals surface area contributed by atoms with Gasteiger partial charge < -0.3 is 10.6 Å². The molecular formula is C15H16F3N3OS. The predicted octanol–water partition coefficient (Wildman–Crippen LogP) is 3.78. The summed E-state index contributed by atoms with van der Waals surface area (Å²) in [6.45, 7) is 3.83. The Labute approximate surface area is 135 Å². The number of hydrogen-bond acceptors (Lipinski definition) is 4. The van der Waals surface area contributed by atoms with E-state index in [1.54, 1.807) is 0 Å². The van der Waals surface area contributed by atoms with E-state index in [0.29, 0.717) is 28.2 Å². The molecule has 2 N–H and O–H groups in total. The van der Waals surface area contributed by atoms with Gasteiger partial charge in [-0.3, -0.25) is 4.79 Å². The van der Waals surface area contributed by atoms with Crippen LogP contribution in [0.2, 0.25) is 0 Å². The Morgan fingerprint density at radius 1 is 1.39 bits per heavy atom. The second-order valence-electron chi connectivity index (χ2n) is 6.20. The summed E-state index contributed by atoms with van der Waals surface area (Å²) in [5.74, 6) is 0.00664. The van der Waals surface area contributed by atoms with Crippen LogP contribution in [0, 0.1) is 0 Å². The van der Waals surface area contributed by atoms with Gasteiger partial charge in [-0.05, 0) is 38.5 Å². The first-order valence-corrected chi connectivity index (χ1v) is 8.02. The number of aromatic nitrogens is 1. The smallest absolute Gasteiger partial charge is 0.356 e. The maximum atomic E-state index is 12.8. The van der Waals surface area contributed by atoms with E-state index in [0.717, 1.165) is 12.1 Å². The Hall–Kier alpha value is -1.83. The van der Waals surface area contributed by atoms with E-state index in [1.807, 2.05) is 13.8 Å². The molecule has 0 aliphatic carbocycles. The van der Waals surface area contributed by atoms with E-state index in [2.05, 4.69) is 15.6 Å². The molecule has 1 aromatic heterocycles. The number of amides is 1. The molecule has 1 fully saturated rings. The van der Waals surface area contributed by atoms with Crippen LogP contribution >= 0.6 is 11.3 Å². The van der Waals surface area contributed by atoms with Gasteiger partial charge in [0.25, 0.3) is 0 Å². The Bertz CT molecular complexity index is 754. The molecule has 1 unspecified atom stereocenters. The summed E-state index contributed by atoms with van der Waals surface area (Å²) in [6, 6.07) is 3.54. The van der Waals surface area contributed by atoms with E-state index < -0.39 is 17.3 Å². The fourth-order valence-electron chi connectivity index (χ4n) is 2.71. The number of rotatable bonds is 2. The second-order valence-corrected chi connectivity index (χ2v) is 7.24. The molecule has 1 atom stereocenters. The van der Waals surface area contributed by atoms with Gasteiger partial charge in [0.1, 0.15) is 0 Å². The van der Waals surface area contributed by atoms with Crippen LogP contribution in [0.3, 0.4) is 0 Å². The molecule has 0 bridgehead atoms. The molecule has 1 aromatic carbocycles. The largest absolute Gasteiger partial charge is 0.416 e. The quantitative estimate of drug-likeness (QED) is 0.872. The number of nitrogens with one attached hydrogen (secondary N) is 2. The number of hydrogen-bond donors (Lipinski definition) is 2. The number of carbonyl (C=O) groups is 1. The number of halogens is 3. The average Bonchev–Trinajstić information content (AvgIpc) is 2.81. The number of nitrogens with zero attached hydrogens (tertiary/aromatic N) is 1. The van der Waals surface area contributed by atoms with Crippen molar-refractivity contribution in [3.05, 3.63) is 23.8 Å². The highest BCUT2D eigenvalue weighted by atomic mass is 32.1. The van der Waals surface area contributed by atoms with Gasteiger partial charge in [-0.1, -0.05) is 11.3 Å². The van der Waals surface area contributed by atoms with Crippen molar-refractivity contribution in [1.82, 2.24) is 10.3 Å². The summed E-state index contributed by atoms with van der Waals surface area (Å²) in [7, 11) is 0. The maximum absolute atomic E-state index is 12.8. The van der Waals surface area contributed by atoms with Gasteiger partial charge in [0, 0.05) is 6.42 Å². The molecule has 1 saturated heterocycles. The highest BCUT2D eigenvalue weighted by molar-refractivity contribution is 7.22. The molecule has 3 rings (SSSR count). The second kappa shape index (κ2) is 5.36. The summed E-state index contributed by atoms with van der Waals surface area (Å²) in [5.41, 5.74) is -0.818. The van der Waals surface area contributed by atoms with E-state index in [-0.39, 0.29) is 11.9 Å². The number of thiazole rings is 1. The van der Waals surface area contributed by atoms with E-state index in [9.17, 15) is 18.0 Å². The minimum atomic E-state index is -4.37. The van der Waals surface area contributed by atoms with Gasteiger partial charge in [0.15, 0.2) is 5.13 Å². The third kappa shape index (κ3) is 3.26. The molecule has 23 heavy (non-hydrogen) atoms. The topological polar surface area (TPSA) is 54.0 Å². The average molecular weight is 343 g/mol. The van der Waals surface area contributed by atoms with Crippen LogP contribution in [0.5, 0.6) is 0 Å². The summed E-state index contributed by atoms with van der Waals surface area (Å²) in [6.07, 6.45) is -3.30. The molecule has 0 spiro atoms. The molecule has 0 saturated carbocycles. The minimum Gasteiger partial charge on any atom is -0.356 e. The van der Waals surface area contributed by atoms with Crippen LogP contribution in [0.15, 0.2) is 18.2 Å². The van der Waals surface area contributed by atoms with E-state index >= 15 is 0 Å². The lowest BCUT2D eigenvalue weighted by Gasteiger charge is -2.39. The van der Waals surface area contributed by atoms with Gasteiger partial charge >= 0.3 is 6.18 Å². The van der Waals surface area contributed by atoms with Gasteiger partial charge in [0.2, 0.25) is 5.91 Å². The van der Waals surface area contributed by atoms with Crippen molar-refractivity contribution in [2.45, 2.75) is 44.4 Å². The van der Waals surface area contributed by atoms with E-state index in [4.69, 9.17) is 0 Å². The summed E-state index contributed by atoms with van der Waals surface area (Å²) >= 11 is 1.31. The summed E-state index contributed by atoms with van der Waals surface area (Å²) in [4.78, 5) is 15.8. The van der Waals surface area contributed by atoms with Crippen LogP contribution in [0.1, 0.15) is 32.3 Å². The third-order valence-corrected chi connectivity index (χ3v) is 4.97. The molecule has 124 valence electrons. The lowest BCUT2D eigenvalue weighted by atomic mass is 9.87. The van der Waals surface area contributed by atoms with Crippen LogP contribution in [-0.2, 0) is 11.0 Å². The number of fused-ring (bicyclic) bond motifs is 1. The maximum Gasteiger partial charge on any atom is 0.416 e.